The van der Waals surface area contributed by atoms with Crippen LogP contribution in [0.2, 0.25) is 0 Å². The number of hydrogen-bond donors (Lipinski definition) is 1. The van der Waals surface area contributed by atoms with Gasteiger partial charge in [-0.15, -0.1) is 0 Å². The van der Waals surface area contributed by atoms with Gasteiger partial charge in [0.2, 0.25) is 0 Å². The molecule has 1 heterocycles. The van der Waals surface area contributed by atoms with E-state index in [2.05, 4.69) is 25.0 Å². The molecule has 1 aromatic rings. The smallest absolute Gasteiger partial charge is 0.0628 e. The van der Waals surface area contributed by atoms with Crippen LogP contribution in [-0.4, -0.2) is 28.0 Å². The van der Waals surface area contributed by atoms with Crippen LogP contribution >= 0.6 is 0 Å². The van der Waals surface area contributed by atoms with E-state index in [1.807, 2.05) is 25.5 Å². The van der Waals surface area contributed by atoms with Crippen molar-refractivity contribution in [3.05, 3.63) is 17.5 Å². The lowest BCUT2D eigenvalue weighted by Crippen LogP contribution is -2.34. The molecule has 2 N–H and O–H groups in total. The highest BCUT2D eigenvalue weighted by Crippen LogP contribution is 2.11. The van der Waals surface area contributed by atoms with Crippen LogP contribution < -0.4 is 5.73 Å². The van der Waals surface area contributed by atoms with Crippen molar-refractivity contribution >= 4 is 0 Å². The summed E-state index contributed by atoms with van der Waals surface area (Å²) < 4.78 is 7.75. The minimum Gasteiger partial charge on any atom is -0.374 e. The molecule has 1 rings (SSSR count). The number of aromatic nitrogens is 2. The fraction of sp³-hybridized carbons (Fsp3) is 0.786. The summed E-state index contributed by atoms with van der Waals surface area (Å²) in [5, 5.41) is 4.53. The molecule has 4 heteroatoms. The van der Waals surface area contributed by atoms with Gasteiger partial charge < -0.3 is 10.5 Å². The Hall–Kier alpha value is -0.870. The van der Waals surface area contributed by atoms with E-state index in [0.717, 1.165) is 25.1 Å². The number of nitrogens with zero attached hydrogens (tertiary/aromatic N) is 2. The number of ether oxygens (including phenoxy) is 1. The van der Waals surface area contributed by atoms with Gasteiger partial charge in [0.15, 0.2) is 0 Å². The topological polar surface area (TPSA) is 53.1 Å². The molecular formula is C14H27N3O. The Morgan fingerprint density at radius 1 is 1.39 bits per heavy atom. The van der Waals surface area contributed by atoms with Crippen LogP contribution in [0.4, 0.5) is 0 Å². The van der Waals surface area contributed by atoms with Gasteiger partial charge in [0, 0.05) is 24.7 Å². The van der Waals surface area contributed by atoms with Crippen molar-refractivity contribution in [3.8, 4) is 0 Å². The van der Waals surface area contributed by atoms with Crippen molar-refractivity contribution in [2.75, 3.05) is 6.61 Å². The third kappa shape index (κ3) is 4.78. The van der Waals surface area contributed by atoms with Crippen LogP contribution in [0.25, 0.3) is 0 Å². The Kier molecular flexibility index (Phi) is 5.35. The number of nitrogens with two attached hydrogens (primary N) is 1. The Labute approximate surface area is 111 Å². The van der Waals surface area contributed by atoms with Crippen LogP contribution in [0.3, 0.4) is 0 Å². The normalized spacial score (nSPS) is 13.9. The second-order valence-electron chi connectivity index (χ2n) is 5.68. The minimum absolute atomic E-state index is 0.0240. The van der Waals surface area contributed by atoms with E-state index in [4.69, 9.17) is 10.5 Å². The highest BCUT2D eigenvalue weighted by Gasteiger charge is 2.15. The van der Waals surface area contributed by atoms with Crippen molar-refractivity contribution < 1.29 is 4.74 Å². The summed E-state index contributed by atoms with van der Waals surface area (Å²) in [7, 11) is 0. The molecular weight excluding hydrogens is 226 g/mol. The molecule has 0 bridgehead atoms. The van der Waals surface area contributed by atoms with E-state index in [-0.39, 0.29) is 11.6 Å². The van der Waals surface area contributed by atoms with Gasteiger partial charge in [-0.1, -0.05) is 6.92 Å². The van der Waals surface area contributed by atoms with Gasteiger partial charge in [0.05, 0.1) is 17.9 Å². The number of hydrogen-bond acceptors (Lipinski definition) is 3. The number of rotatable bonds is 6. The zero-order valence-electron chi connectivity index (χ0n) is 12.4. The standard InChI is InChI=1S/C14H27N3O/c1-6-12-9-13(17(7-2)16-12)8-11(15)10-18-14(3,4)5/h9,11H,6-8,10,15H2,1-5H3. The molecule has 104 valence electrons. The molecule has 0 aliphatic rings. The van der Waals surface area contributed by atoms with Crippen molar-refractivity contribution in [2.24, 2.45) is 5.73 Å². The average Bonchev–Trinajstić information content (AvgIpc) is 2.68. The fourth-order valence-electron chi connectivity index (χ4n) is 1.81. The van der Waals surface area contributed by atoms with Gasteiger partial charge in [0.25, 0.3) is 0 Å². The zero-order chi connectivity index (χ0) is 13.8. The lowest BCUT2D eigenvalue weighted by Gasteiger charge is -2.22. The first-order valence-corrected chi connectivity index (χ1v) is 6.80. The Balaban J connectivity index is 2.58. The maximum atomic E-state index is 6.12. The monoisotopic (exact) mass is 253 g/mol. The zero-order valence-corrected chi connectivity index (χ0v) is 12.4. The molecule has 0 aromatic carbocycles. The van der Waals surface area contributed by atoms with Crippen LogP contribution in [-0.2, 0) is 24.1 Å². The summed E-state index contributed by atoms with van der Waals surface area (Å²) in [4.78, 5) is 0. The Morgan fingerprint density at radius 2 is 2.06 bits per heavy atom. The Morgan fingerprint density at radius 3 is 2.56 bits per heavy atom. The molecule has 0 radical (unpaired) electrons. The van der Waals surface area contributed by atoms with Gasteiger partial charge in [-0.2, -0.15) is 5.10 Å². The van der Waals surface area contributed by atoms with E-state index in [1.54, 1.807) is 0 Å². The Bertz CT molecular complexity index is 366. The number of aryl methyl sites for hydroxylation is 2. The first kappa shape index (κ1) is 15.2. The maximum absolute atomic E-state index is 6.12. The van der Waals surface area contributed by atoms with Gasteiger partial charge in [-0.25, -0.2) is 0 Å². The molecule has 1 atom stereocenters. The van der Waals surface area contributed by atoms with Gasteiger partial charge >= 0.3 is 0 Å². The minimum atomic E-state index is -0.128. The first-order chi connectivity index (χ1) is 8.35. The van der Waals surface area contributed by atoms with Gasteiger partial charge in [-0.3, -0.25) is 4.68 Å². The molecule has 4 nitrogen and oxygen atoms in total. The summed E-state index contributed by atoms with van der Waals surface area (Å²) in [5.74, 6) is 0. The van der Waals surface area contributed by atoms with E-state index >= 15 is 0 Å². The summed E-state index contributed by atoms with van der Waals surface area (Å²) >= 11 is 0. The van der Waals surface area contributed by atoms with E-state index < -0.39 is 0 Å². The maximum Gasteiger partial charge on any atom is 0.0628 e. The quantitative estimate of drug-likeness (QED) is 0.845. The molecule has 0 amide bonds. The highest BCUT2D eigenvalue weighted by atomic mass is 16.5. The van der Waals surface area contributed by atoms with Crippen molar-refractivity contribution in [3.63, 3.8) is 0 Å². The van der Waals surface area contributed by atoms with Crippen molar-refractivity contribution in [2.45, 2.75) is 65.6 Å². The molecule has 1 aromatic heterocycles. The van der Waals surface area contributed by atoms with E-state index in [1.165, 1.54) is 5.69 Å². The molecule has 0 saturated carbocycles. The average molecular weight is 253 g/mol. The van der Waals surface area contributed by atoms with Crippen molar-refractivity contribution in [1.29, 1.82) is 0 Å². The molecule has 0 aliphatic heterocycles. The van der Waals surface area contributed by atoms with Crippen molar-refractivity contribution in [1.82, 2.24) is 9.78 Å². The summed E-state index contributed by atoms with van der Waals surface area (Å²) in [6.07, 6.45) is 1.78. The second-order valence-corrected chi connectivity index (χ2v) is 5.68. The SMILES string of the molecule is CCc1cc(CC(N)COC(C)(C)C)n(CC)n1. The summed E-state index contributed by atoms with van der Waals surface area (Å²) in [5.41, 5.74) is 8.34. The largest absolute Gasteiger partial charge is 0.374 e. The highest BCUT2D eigenvalue weighted by molar-refractivity contribution is 5.11. The van der Waals surface area contributed by atoms with Gasteiger partial charge in [-0.05, 0) is 40.2 Å². The summed E-state index contributed by atoms with van der Waals surface area (Å²) in [6.45, 7) is 11.8. The third-order valence-corrected chi connectivity index (χ3v) is 2.78. The van der Waals surface area contributed by atoms with Crippen LogP contribution in [0.1, 0.15) is 46.0 Å². The predicted molar refractivity (Wildman–Crippen MR) is 74.7 cm³/mol. The molecule has 0 aliphatic carbocycles. The van der Waals surface area contributed by atoms with Crippen LogP contribution in [0, 0.1) is 0 Å². The molecule has 18 heavy (non-hydrogen) atoms. The third-order valence-electron chi connectivity index (χ3n) is 2.78. The molecule has 0 spiro atoms. The van der Waals surface area contributed by atoms with Crippen LogP contribution in [0.15, 0.2) is 6.07 Å². The lowest BCUT2D eigenvalue weighted by molar-refractivity contribution is -0.0100. The van der Waals surface area contributed by atoms with Gasteiger partial charge in [0.1, 0.15) is 0 Å². The molecule has 0 saturated heterocycles. The first-order valence-electron chi connectivity index (χ1n) is 6.80. The lowest BCUT2D eigenvalue weighted by atomic mass is 10.1. The second kappa shape index (κ2) is 6.34. The van der Waals surface area contributed by atoms with Crippen LogP contribution in [0.5, 0.6) is 0 Å². The summed E-state index contributed by atoms with van der Waals surface area (Å²) in [6, 6.07) is 2.18. The van der Waals surface area contributed by atoms with E-state index in [9.17, 15) is 0 Å². The predicted octanol–water partition coefficient (Wildman–Crippen LogP) is 2.15. The fourth-order valence-corrected chi connectivity index (χ4v) is 1.81. The molecule has 1 unspecified atom stereocenters. The van der Waals surface area contributed by atoms with E-state index in [0.29, 0.717) is 6.61 Å². The molecule has 0 fully saturated rings.